The number of carboxylic acids is 1. The summed E-state index contributed by atoms with van der Waals surface area (Å²) in [6.07, 6.45) is 0. The molecule has 5 heteroatoms. The van der Waals surface area contributed by atoms with Gasteiger partial charge in [-0.25, -0.2) is 0 Å². The number of hydrogen-bond donors (Lipinski definition) is 1. The Morgan fingerprint density at radius 1 is 1.57 bits per heavy atom. The molecule has 0 rings (SSSR count). The van der Waals surface area contributed by atoms with E-state index in [9.17, 15) is 4.79 Å². The minimum Gasteiger partial charge on any atom is -0.480 e. The summed E-state index contributed by atoms with van der Waals surface area (Å²) in [4.78, 5) is 9.24. The van der Waals surface area contributed by atoms with Gasteiger partial charge in [0.05, 0.1) is 0 Å². The van der Waals surface area contributed by atoms with Crippen LogP contribution in [0.5, 0.6) is 0 Å². The summed E-state index contributed by atoms with van der Waals surface area (Å²) in [5, 5.41) is 7.59. The van der Waals surface area contributed by atoms with Crippen molar-refractivity contribution in [1.82, 2.24) is 0 Å². The fraction of sp³-hybridized carbons (Fsp3) is 0.500. The summed E-state index contributed by atoms with van der Waals surface area (Å²) >= 11 is 4.74. The van der Waals surface area contributed by atoms with Gasteiger partial charge in [-0.15, -0.1) is 11.6 Å². The quantitative estimate of drug-likeness (QED) is 0.396. The maximum atomic E-state index is 9.24. The normalized spacial score (nSPS) is 5.29. The first-order chi connectivity index (χ1) is 2.27. The van der Waals surface area contributed by atoms with E-state index >= 15 is 0 Å². The Hall–Kier alpha value is 1.76. The van der Waals surface area contributed by atoms with Crippen LogP contribution in [0.1, 0.15) is 0 Å². The zero-order chi connectivity index (χ0) is 4.28. The van der Waals surface area contributed by atoms with Crippen LogP contribution in [0.15, 0.2) is 0 Å². The maximum absolute atomic E-state index is 9.24. The van der Waals surface area contributed by atoms with Crippen molar-refractivity contribution in [2.45, 2.75) is 0 Å². The largest absolute Gasteiger partial charge is 0.480 e. The molecule has 0 aromatic rings. The molecule has 0 saturated carbocycles. The third kappa shape index (κ3) is 18.2. The summed E-state index contributed by atoms with van der Waals surface area (Å²) in [6, 6.07) is 0. The number of alkyl halides is 1. The Morgan fingerprint density at radius 3 is 1.71 bits per heavy atom. The molecule has 0 saturated heterocycles. The van der Waals surface area contributed by atoms with E-state index in [1.807, 2.05) is 0 Å². The van der Waals surface area contributed by atoms with Gasteiger partial charge in [-0.05, 0) is 0 Å². The van der Waals surface area contributed by atoms with E-state index < -0.39 is 5.97 Å². The maximum Gasteiger partial charge on any atom is 0.318 e. The minimum absolute atomic E-state index is 0. The summed E-state index contributed by atoms with van der Waals surface area (Å²) < 4.78 is 0. The first-order valence-corrected chi connectivity index (χ1v) is 1.58. The molecule has 0 aliphatic heterocycles. The molecular weight excluding hydrogens is 137 g/mol. The van der Waals surface area contributed by atoms with Crippen LogP contribution in [0, 0.1) is 0 Å². The van der Waals surface area contributed by atoms with Gasteiger partial charge in [0.1, 0.15) is 5.88 Å². The number of carbonyl (C=O) groups is 1. The van der Waals surface area contributed by atoms with E-state index in [2.05, 4.69) is 0 Å². The van der Waals surface area contributed by atoms with Gasteiger partial charge < -0.3 is 5.11 Å². The van der Waals surface area contributed by atoms with Gasteiger partial charge in [0, 0.05) is 59.1 Å². The monoisotopic (exact) mass is 140 g/mol. The second kappa shape index (κ2) is 10.7. The number of rotatable bonds is 1. The number of hydrogen-bond acceptors (Lipinski definition) is 1. The molecule has 0 unspecified atom stereocenters. The Bertz CT molecular complexity index is 49.0. The SMILES string of the molecule is O=C(O)CCl.[Na].[Na]. The van der Waals surface area contributed by atoms with Gasteiger partial charge in [-0.2, -0.15) is 0 Å². The van der Waals surface area contributed by atoms with Gasteiger partial charge in [-0.3, -0.25) is 4.79 Å². The van der Waals surface area contributed by atoms with E-state index in [1.165, 1.54) is 0 Å². The van der Waals surface area contributed by atoms with Gasteiger partial charge in [-0.1, -0.05) is 0 Å². The second-order valence-electron chi connectivity index (χ2n) is 0.527. The van der Waals surface area contributed by atoms with Gasteiger partial charge in [0.2, 0.25) is 0 Å². The van der Waals surface area contributed by atoms with Crippen molar-refractivity contribution in [3.8, 4) is 0 Å². The van der Waals surface area contributed by atoms with Crippen LogP contribution < -0.4 is 0 Å². The standard InChI is InChI=1S/C2H3ClO2.2Na/c3-1-2(4)5;;/h1H2,(H,4,5);;. The van der Waals surface area contributed by atoms with Gasteiger partial charge in [0.15, 0.2) is 0 Å². The van der Waals surface area contributed by atoms with Crippen LogP contribution in [0.3, 0.4) is 0 Å². The van der Waals surface area contributed by atoms with Crippen LogP contribution in [-0.2, 0) is 4.79 Å². The Balaban J connectivity index is -0.0000000800. The fourth-order valence-electron chi connectivity index (χ4n) is 0. The molecule has 0 amide bonds. The van der Waals surface area contributed by atoms with E-state index in [0.717, 1.165) is 0 Å². The smallest absolute Gasteiger partial charge is 0.318 e. The molecule has 0 aliphatic carbocycles. The molecule has 7 heavy (non-hydrogen) atoms. The third-order valence-corrected chi connectivity index (χ3v) is 0.343. The molecule has 0 aromatic heterocycles. The van der Waals surface area contributed by atoms with Crippen LogP contribution >= 0.6 is 11.6 Å². The molecule has 0 bridgehead atoms. The van der Waals surface area contributed by atoms with Crippen LogP contribution in [-0.4, -0.2) is 76.1 Å². The fourth-order valence-corrected chi connectivity index (χ4v) is 0. The van der Waals surface area contributed by atoms with Crippen molar-refractivity contribution in [2.24, 2.45) is 0 Å². The molecule has 1 N–H and O–H groups in total. The molecule has 32 valence electrons. The number of aliphatic carboxylic acids is 1. The Kier molecular flexibility index (Phi) is 24.3. The minimum atomic E-state index is -0.980. The molecule has 0 heterocycles. The second-order valence-corrected chi connectivity index (χ2v) is 0.795. The van der Waals surface area contributed by atoms with Gasteiger partial charge in [0.25, 0.3) is 0 Å². The van der Waals surface area contributed by atoms with Crippen molar-refractivity contribution in [3.05, 3.63) is 0 Å². The Labute approximate surface area is 91.2 Å². The van der Waals surface area contributed by atoms with Crippen molar-refractivity contribution in [1.29, 1.82) is 0 Å². The van der Waals surface area contributed by atoms with Crippen LogP contribution in [0.4, 0.5) is 0 Å². The van der Waals surface area contributed by atoms with Gasteiger partial charge >= 0.3 is 5.97 Å². The van der Waals surface area contributed by atoms with Crippen LogP contribution in [0.2, 0.25) is 0 Å². The van der Waals surface area contributed by atoms with E-state index in [1.54, 1.807) is 0 Å². The summed E-state index contributed by atoms with van der Waals surface area (Å²) in [7, 11) is 0. The zero-order valence-electron chi connectivity index (χ0n) is 4.44. The van der Waals surface area contributed by atoms with E-state index in [-0.39, 0.29) is 65.0 Å². The number of halogens is 1. The van der Waals surface area contributed by atoms with Crippen molar-refractivity contribution < 1.29 is 9.90 Å². The van der Waals surface area contributed by atoms with Crippen molar-refractivity contribution >= 4 is 76.7 Å². The molecule has 0 aliphatic rings. The predicted molar refractivity (Wildman–Crippen MR) is 29.9 cm³/mol. The van der Waals surface area contributed by atoms with Crippen molar-refractivity contribution in [2.75, 3.05) is 5.88 Å². The molecule has 0 aromatic carbocycles. The average molecular weight is 140 g/mol. The molecule has 0 spiro atoms. The number of carboxylic acid groups (broad SMARTS) is 1. The molecule has 2 nitrogen and oxygen atoms in total. The molecule has 0 atom stereocenters. The topological polar surface area (TPSA) is 37.3 Å². The first kappa shape index (κ1) is 15.9. The summed E-state index contributed by atoms with van der Waals surface area (Å²) in [5.41, 5.74) is 0. The predicted octanol–water partition coefficient (Wildman–Crippen LogP) is -0.452. The van der Waals surface area contributed by atoms with Crippen molar-refractivity contribution in [3.63, 3.8) is 0 Å². The summed E-state index contributed by atoms with van der Waals surface area (Å²) in [6.45, 7) is 0. The third-order valence-electron chi connectivity index (χ3n) is 0.114. The van der Waals surface area contributed by atoms with Crippen LogP contribution in [0.25, 0.3) is 0 Å². The molecular formula is C2H3ClNa2O2. The summed E-state index contributed by atoms with van der Waals surface area (Å²) in [5.74, 6) is -1.29. The average Bonchev–Trinajstić information content (AvgIpc) is 1.38. The Morgan fingerprint density at radius 2 is 1.71 bits per heavy atom. The molecule has 2 radical (unpaired) electrons. The van der Waals surface area contributed by atoms with E-state index in [4.69, 9.17) is 16.7 Å². The molecule has 0 fully saturated rings. The first-order valence-electron chi connectivity index (χ1n) is 1.05. The zero-order valence-corrected chi connectivity index (χ0v) is 9.20. The van der Waals surface area contributed by atoms with E-state index in [0.29, 0.717) is 0 Å².